The van der Waals surface area contributed by atoms with E-state index < -0.39 is 40.8 Å². The lowest BCUT2D eigenvalue weighted by Gasteiger charge is -2.49. The van der Waals surface area contributed by atoms with Crippen LogP contribution < -0.4 is 10.6 Å². The third-order valence-corrected chi connectivity index (χ3v) is 13.4. The van der Waals surface area contributed by atoms with E-state index >= 15 is 0 Å². The number of oxime groups is 1. The molecule has 6 aromatic rings. The number of esters is 1. The molecule has 10 nitrogen and oxygen atoms in total. The number of thioether (sulfide) groups is 1. The Balaban J connectivity index is 1.05. The Labute approximate surface area is 376 Å². The SMILES string of the molecule is CC(C)O/N=C(\C(=O)NC1C(=O)N2C(C(=O)OC(c3ccccc3)c3ccccc3)=C(CI)CSC12)c1csc(NC(c2ccccc2)(c2ccccc2)c2ccccc2)n1. The van der Waals surface area contributed by atoms with Crippen molar-refractivity contribution >= 4 is 74.3 Å². The minimum absolute atomic E-state index is 0.0773. The van der Waals surface area contributed by atoms with Gasteiger partial charge in [-0.3, -0.25) is 14.5 Å². The van der Waals surface area contributed by atoms with Gasteiger partial charge in [0.25, 0.3) is 11.8 Å². The van der Waals surface area contributed by atoms with E-state index in [9.17, 15) is 14.4 Å². The van der Waals surface area contributed by atoms with Crippen LogP contribution in [-0.2, 0) is 29.5 Å². The fourth-order valence-corrected chi connectivity index (χ4v) is 10.6. The molecule has 2 amide bonds. The summed E-state index contributed by atoms with van der Waals surface area (Å²) in [6.45, 7) is 3.62. The normalized spacial score (nSPS) is 16.5. The number of nitrogens with zero attached hydrogens (tertiary/aromatic N) is 3. The third kappa shape index (κ3) is 8.72. The summed E-state index contributed by atoms with van der Waals surface area (Å²) in [6, 6.07) is 48.6. The number of alkyl halides is 1. The van der Waals surface area contributed by atoms with Crippen LogP contribution in [0.15, 0.2) is 173 Å². The fraction of sp³-hybridized carbons (Fsp3) is 0.188. The number of benzene rings is 5. The smallest absolute Gasteiger partial charge is 0.356 e. The zero-order valence-electron chi connectivity index (χ0n) is 33.3. The lowest BCUT2D eigenvalue weighted by molar-refractivity contribution is -0.154. The highest BCUT2D eigenvalue weighted by molar-refractivity contribution is 14.1. The van der Waals surface area contributed by atoms with Gasteiger partial charge in [0.05, 0.1) is 0 Å². The number of ether oxygens (including phenoxy) is 1. The zero-order valence-corrected chi connectivity index (χ0v) is 37.1. The molecule has 5 aromatic carbocycles. The van der Waals surface area contributed by atoms with E-state index in [1.54, 1.807) is 5.38 Å². The summed E-state index contributed by atoms with van der Waals surface area (Å²) in [7, 11) is 0. The molecule has 3 heterocycles. The number of carbonyl (C=O) groups is 3. The predicted molar refractivity (Wildman–Crippen MR) is 249 cm³/mol. The molecule has 2 aliphatic rings. The Morgan fingerprint density at radius 3 is 1.82 bits per heavy atom. The molecule has 0 aliphatic carbocycles. The summed E-state index contributed by atoms with van der Waals surface area (Å²) < 4.78 is 6.77. The van der Waals surface area contributed by atoms with Crippen LogP contribution in [0.25, 0.3) is 0 Å². The van der Waals surface area contributed by atoms with Gasteiger partial charge >= 0.3 is 5.97 Å². The summed E-state index contributed by atoms with van der Waals surface area (Å²) in [6.07, 6.45) is -1.02. The Hall–Kier alpha value is -5.77. The quantitative estimate of drug-likeness (QED) is 0.0199. The first-order valence-corrected chi connectivity index (χ1v) is 23.2. The number of hydrogen-bond acceptors (Lipinski definition) is 10. The molecule has 0 spiro atoms. The maximum Gasteiger partial charge on any atom is 0.356 e. The molecule has 8 rings (SSSR count). The number of thiazole rings is 1. The molecule has 1 aromatic heterocycles. The Morgan fingerprint density at radius 1 is 0.820 bits per heavy atom. The first-order valence-electron chi connectivity index (χ1n) is 19.8. The van der Waals surface area contributed by atoms with Crippen molar-refractivity contribution in [3.8, 4) is 0 Å². The van der Waals surface area contributed by atoms with Crippen molar-refractivity contribution in [3.63, 3.8) is 0 Å². The number of fused-ring (bicyclic) bond motifs is 1. The van der Waals surface area contributed by atoms with Crippen LogP contribution in [0, 0.1) is 0 Å². The largest absolute Gasteiger partial charge is 0.448 e. The van der Waals surface area contributed by atoms with Crippen LogP contribution in [0.2, 0.25) is 0 Å². The minimum atomic E-state index is -0.933. The summed E-state index contributed by atoms with van der Waals surface area (Å²) >= 11 is 5.02. The summed E-state index contributed by atoms with van der Waals surface area (Å²) in [5, 5.41) is 12.7. The van der Waals surface area contributed by atoms with Gasteiger partial charge < -0.3 is 20.2 Å². The number of carbonyl (C=O) groups excluding carboxylic acids is 3. The average molecular weight is 960 g/mol. The van der Waals surface area contributed by atoms with Gasteiger partial charge in [-0.05, 0) is 47.2 Å². The second kappa shape index (κ2) is 18.9. The number of β-lactam (4-membered cyclic amide) rings is 1. The molecule has 0 bridgehead atoms. The van der Waals surface area contributed by atoms with E-state index in [0.717, 1.165) is 33.4 Å². The molecule has 2 atom stereocenters. The number of rotatable bonds is 15. The van der Waals surface area contributed by atoms with Gasteiger partial charge in [0.1, 0.15) is 34.4 Å². The molecule has 1 fully saturated rings. The van der Waals surface area contributed by atoms with Crippen molar-refractivity contribution < 1.29 is 24.0 Å². The topological polar surface area (TPSA) is 122 Å². The first kappa shape index (κ1) is 41.9. The second-order valence-electron chi connectivity index (χ2n) is 14.7. The summed E-state index contributed by atoms with van der Waals surface area (Å²) in [4.78, 5) is 54.6. The first-order chi connectivity index (χ1) is 29.8. The van der Waals surface area contributed by atoms with Gasteiger partial charge in [-0.2, -0.15) is 0 Å². The van der Waals surface area contributed by atoms with Gasteiger partial charge in [0.2, 0.25) is 0 Å². The van der Waals surface area contributed by atoms with E-state index in [1.807, 2.05) is 129 Å². The summed E-state index contributed by atoms with van der Waals surface area (Å²) in [5.41, 5.74) is 4.96. The maximum absolute atomic E-state index is 14.3. The van der Waals surface area contributed by atoms with Gasteiger partial charge in [0, 0.05) is 15.6 Å². The van der Waals surface area contributed by atoms with Crippen molar-refractivity contribution in [1.29, 1.82) is 0 Å². The Kier molecular flexibility index (Phi) is 13.0. The van der Waals surface area contributed by atoms with Crippen LogP contribution in [0.3, 0.4) is 0 Å². The van der Waals surface area contributed by atoms with Crippen LogP contribution in [-0.4, -0.2) is 61.1 Å². The highest BCUT2D eigenvalue weighted by Crippen LogP contribution is 2.43. The van der Waals surface area contributed by atoms with Gasteiger partial charge in [-0.15, -0.1) is 23.1 Å². The number of halogens is 1. The van der Waals surface area contributed by atoms with Crippen LogP contribution in [0.5, 0.6) is 0 Å². The number of aromatic nitrogens is 1. The number of nitrogens with one attached hydrogen (secondary N) is 2. The van der Waals surface area contributed by atoms with Crippen molar-refractivity contribution in [2.24, 2.45) is 5.16 Å². The van der Waals surface area contributed by atoms with E-state index in [-0.39, 0.29) is 23.2 Å². The van der Waals surface area contributed by atoms with E-state index in [0.29, 0.717) is 15.3 Å². The van der Waals surface area contributed by atoms with Crippen molar-refractivity contribution in [1.82, 2.24) is 15.2 Å². The van der Waals surface area contributed by atoms with Crippen molar-refractivity contribution in [3.05, 3.63) is 202 Å². The Bertz CT molecular complexity index is 2400. The molecule has 2 N–H and O–H groups in total. The fourth-order valence-electron chi connectivity index (χ4n) is 7.48. The van der Waals surface area contributed by atoms with Crippen LogP contribution in [0.4, 0.5) is 5.13 Å². The molecular formula is C48H42IN5O5S2. The third-order valence-electron chi connectivity index (χ3n) is 10.3. The van der Waals surface area contributed by atoms with Gasteiger partial charge in [0.15, 0.2) is 16.9 Å². The highest BCUT2D eigenvalue weighted by Gasteiger charge is 2.55. The molecule has 308 valence electrons. The standard InChI is InChI=1S/C48H42IN5O5S2/c1-31(2)59-53-39(38-30-61-47(50-38)52-48(35-22-12-5-13-23-35,36-24-14-6-15-25-36)37-26-16-7-17-27-37)43(55)51-40-44(56)54-41(34(28-49)29-60-45(40)54)46(57)58-42(32-18-8-3-9-19-32)33-20-10-4-11-21-33/h3-27,30-31,40,42,45H,28-29H2,1-2H3,(H,50,52)(H,51,55)/b53-39-. The minimum Gasteiger partial charge on any atom is -0.448 e. The average Bonchev–Trinajstić information content (AvgIpc) is 3.77. The molecule has 0 saturated carbocycles. The number of amides is 2. The molecule has 1 saturated heterocycles. The van der Waals surface area contributed by atoms with E-state index in [2.05, 4.69) is 74.8 Å². The molecule has 0 radical (unpaired) electrons. The number of hydrogen-bond donors (Lipinski definition) is 2. The van der Waals surface area contributed by atoms with Gasteiger partial charge in [-0.1, -0.05) is 179 Å². The summed E-state index contributed by atoms with van der Waals surface area (Å²) in [5.74, 6) is -1.16. The van der Waals surface area contributed by atoms with Crippen molar-refractivity contribution in [2.45, 2.75) is 43.0 Å². The molecule has 2 aliphatic heterocycles. The molecule has 2 unspecified atom stereocenters. The Morgan fingerprint density at radius 2 is 1.33 bits per heavy atom. The zero-order chi connectivity index (χ0) is 42.3. The predicted octanol–water partition coefficient (Wildman–Crippen LogP) is 9.10. The van der Waals surface area contributed by atoms with Crippen LogP contribution in [0.1, 0.15) is 53.5 Å². The molecule has 61 heavy (non-hydrogen) atoms. The van der Waals surface area contributed by atoms with Crippen LogP contribution >= 0.6 is 45.7 Å². The van der Waals surface area contributed by atoms with E-state index in [4.69, 9.17) is 14.6 Å². The lowest BCUT2D eigenvalue weighted by Crippen LogP contribution is -2.71. The number of anilines is 1. The monoisotopic (exact) mass is 959 g/mol. The van der Waals surface area contributed by atoms with E-state index in [1.165, 1.54) is 28.0 Å². The highest BCUT2D eigenvalue weighted by atomic mass is 127. The molecular weight excluding hydrogens is 918 g/mol. The lowest BCUT2D eigenvalue weighted by atomic mass is 9.77. The second-order valence-corrected chi connectivity index (χ2v) is 17.4. The maximum atomic E-state index is 14.3. The van der Waals surface area contributed by atoms with Gasteiger partial charge in [-0.25, -0.2) is 9.78 Å². The van der Waals surface area contributed by atoms with Crippen molar-refractivity contribution in [2.75, 3.05) is 15.5 Å². The molecule has 13 heteroatoms.